The Morgan fingerprint density at radius 3 is 2.65 bits per heavy atom. The third kappa shape index (κ3) is 3.73. The highest BCUT2D eigenvalue weighted by Crippen LogP contribution is 2.40. The van der Waals surface area contributed by atoms with E-state index in [1.165, 1.54) is 19.3 Å². The highest BCUT2D eigenvalue weighted by atomic mass is 16.5. The van der Waals surface area contributed by atoms with Gasteiger partial charge in [0.2, 0.25) is 0 Å². The molecule has 1 aliphatic carbocycles. The summed E-state index contributed by atoms with van der Waals surface area (Å²) in [5.41, 5.74) is 6.09. The van der Waals surface area contributed by atoms with Gasteiger partial charge in [0.1, 0.15) is 5.54 Å². The van der Waals surface area contributed by atoms with E-state index in [4.69, 9.17) is 10.5 Å². The number of nitrogens with two attached hydrogens (primary N) is 1. The molecule has 0 aromatic carbocycles. The molecule has 1 saturated heterocycles. The summed E-state index contributed by atoms with van der Waals surface area (Å²) in [6, 6.07) is 0. The summed E-state index contributed by atoms with van der Waals surface area (Å²) < 4.78 is 5.23. The normalized spacial score (nSPS) is 26.6. The lowest BCUT2D eigenvalue weighted by atomic mass is 9.85. The maximum atomic E-state index is 12.3. The zero-order chi connectivity index (χ0) is 14.8. The predicted molar refractivity (Wildman–Crippen MR) is 80.3 cm³/mol. The summed E-state index contributed by atoms with van der Waals surface area (Å²) in [5.74, 6) is 0.115. The number of carbonyl (C=O) groups excluding carboxylic acids is 1. The quantitative estimate of drug-likeness (QED) is 0.785. The number of ether oxygens (including phenoxy) is 1. The van der Waals surface area contributed by atoms with Crippen molar-refractivity contribution in [1.29, 1.82) is 0 Å². The number of likely N-dealkylation sites (tertiary alicyclic amines) is 1. The van der Waals surface area contributed by atoms with Crippen LogP contribution in [-0.4, -0.2) is 42.6 Å². The fraction of sp³-hybridized carbons (Fsp3) is 0.938. The van der Waals surface area contributed by atoms with Crippen molar-refractivity contribution in [2.75, 3.05) is 26.2 Å². The summed E-state index contributed by atoms with van der Waals surface area (Å²) >= 11 is 0. The highest BCUT2D eigenvalue weighted by molar-refractivity contribution is 5.82. The van der Waals surface area contributed by atoms with Crippen LogP contribution in [0.2, 0.25) is 0 Å². The van der Waals surface area contributed by atoms with E-state index in [0.29, 0.717) is 24.5 Å². The summed E-state index contributed by atoms with van der Waals surface area (Å²) in [6.45, 7) is 9.67. The molecule has 2 rings (SSSR count). The number of nitrogens with zero attached hydrogens (tertiary/aromatic N) is 1. The minimum Gasteiger partial charge on any atom is -0.465 e. The van der Waals surface area contributed by atoms with Crippen LogP contribution in [0.15, 0.2) is 0 Å². The van der Waals surface area contributed by atoms with Gasteiger partial charge in [0.15, 0.2) is 0 Å². The van der Waals surface area contributed by atoms with Crippen molar-refractivity contribution in [2.24, 2.45) is 17.1 Å². The first-order valence-electron chi connectivity index (χ1n) is 8.06. The Bertz CT molecular complexity index is 352. The molecule has 1 heterocycles. The second-order valence-corrected chi connectivity index (χ2v) is 7.33. The van der Waals surface area contributed by atoms with Crippen molar-refractivity contribution < 1.29 is 9.53 Å². The van der Waals surface area contributed by atoms with Gasteiger partial charge in [0.05, 0.1) is 6.61 Å². The summed E-state index contributed by atoms with van der Waals surface area (Å²) in [5, 5.41) is 0. The van der Waals surface area contributed by atoms with Crippen LogP contribution in [0.5, 0.6) is 0 Å². The standard InChI is InChI=1S/C16H30N2O2/c1-4-20-14(19)16(17,13-6-7-13)12-18-10-5-8-15(2,3)9-11-18/h13H,4-12,17H2,1-3H3. The Morgan fingerprint density at radius 1 is 1.35 bits per heavy atom. The first-order valence-corrected chi connectivity index (χ1v) is 8.06. The van der Waals surface area contributed by atoms with E-state index >= 15 is 0 Å². The van der Waals surface area contributed by atoms with E-state index < -0.39 is 5.54 Å². The van der Waals surface area contributed by atoms with Crippen LogP contribution < -0.4 is 5.73 Å². The van der Waals surface area contributed by atoms with Crippen molar-refractivity contribution in [3.63, 3.8) is 0 Å². The lowest BCUT2D eigenvalue weighted by Gasteiger charge is -2.33. The second kappa shape index (κ2) is 6.02. The van der Waals surface area contributed by atoms with Crippen LogP contribution >= 0.6 is 0 Å². The Labute approximate surface area is 123 Å². The van der Waals surface area contributed by atoms with Crippen LogP contribution in [0.3, 0.4) is 0 Å². The fourth-order valence-corrected chi connectivity index (χ4v) is 3.23. The van der Waals surface area contributed by atoms with E-state index in [2.05, 4.69) is 18.7 Å². The molecule has 2 fully saturated rings. The van der Waals surface area contributed by atoms with E-state index in [1.54, 1.807) is 0 Å². The molecule has 0 bridgehead atoms. The van der Waals surface area contributed by atoms with Crippen LogP contribution in [0.4, 0.5) is 0 Å². The third-order valence-corrected chi connectivity index (χ3v) is 4.88. The number of hydrogen-bond acceptors (Lipinski definition) is 4. The van der Waals surface area contributed by atoms with Crippen LogP contribution in [0.1, 0.15) is 52.9 Å². The van der Waals surface area contributed by atoms with Gasteiger partial charge >= 0.3 is 5.97 Å². The molecule has 0 aromatic rings. The molecule has 1 saturated carbocycles. The lowest BCUT2D eigenvalue weighted by Crippen LogP contribution is -2.58. The zero-order valence-electron chi connectivity index (χ0n) is 13.3. The van der Waals surface area contributed by atoms with Crippen LogP contribution in [0, 0.1) is 11.3 Å². The Kier molecular flexibility index (Phi) is 4.75. The van der Waals surface area contributed by atoms with E-state index in [0.717, 1.165) is 25.9 Å². The van der Waals surface area contributed by atoms with Crippen molar-refractivity contribution in [3.8, 4) is 0 Å². The van der Waals surface area contributed by atoms with Gasteiger partial charge in [-0.05, 0) is 63.5 Å². The van der Waals surface area contributed by atoms with Crippen molar-refractivity contribution >= 4 is 5.97 Å². The van der Waals surface area contributed by atoms with E-state index in [9.17, 15) is 4.79 Å². The van der Waals surface area contributed by atoms with Crippen LogP contribution in [-0.2, 0) is 9.53 Å². The van der Waals surface area contributed by atoms with E-state index in [1.807, 2.05) is 6.92 Å². The number of carbonyl (C=O) groups is 1. The Morgan fingerprint density at radius 2 is 2.05 bits per heavy atom. The van der Waals surface area contributed by atoms with Gasteiger partial charge < -0.3 is 15.4 Å². The topological polar surface area (TPSA) is 55.6 Å². The molecule has 1 aliphatic heterocycles. The molecular formula is C16H30N2O2. The number of esters is 1. The molecule has 0 amide bonds. The molecule has 116 valence electrons. The number of hydrogen-bond donors (Lipinski definition) is 1. The monoisotopic (exact) mass is 282 g/mol. The van der Waals surface area contributed by atoms with Gasteiger partial charge in [0, 0.05) is 6.54 Å². The first-order chi connectivity index (χ1) is 9.37. The molecule has 0 spiro atoms. The van der Waals surface area contributed by atoms with E-state index in [-0.39, 0.29) is 5.97 Å². The van der Waals surface area contributed by atoms with Gasteiger partial charge in [-0.1, -0.05) is 13.8 Å². The minimum absolute atomic E-state index is 0.203. The maximum Gasteiger partial charge on any atom is 0.327 e. The SMILES string of the molecule is CCOC(=O)C(N)(CN1CCCC(C)(C)CC1)C1CC1. The van der Waals surface area contributed by atoms with Gasteiger partial charge in [-0.25, -0.2) is 4.79 Å². The fourth-order valence-electron chi connectivity index (χ4n) is 3.23. The molecule has 4 heteroatoms. The number of rotatable bonds is 5. The third-order valence-electron chi connectivity index (χ3n) is 4.88. The molecular weight excluding hydrogens is 252 g/mol. The van der Waals surface area contributed by atoms with Gasteiger partial charge in [-0.2, -0.15) is 0 Å². The average molecular weight is 282 g/mol. The van der Waals surface area contributed by atoms with Crippen LogP contribution in [0.25, 0.3) is 0 Å². The highest BCUT2D eigenvalue weighted by Gasteiger charge is 2.50. The lowest BCUT2D eigenvalue weighted by molar-refractivity contribution is -0.151. The van der Waals surface area contributed by atoms with Crippen molar-refractivity contribution in [2.45, 2.75) is 58.4 Å². The molecule has 4 nitrogen and oxygen atoms in total. The van der Waals surface area contributed by atoms with Crippen molar-refractivity contribution in [1.82, 2.24) is 4.90 Å². The summed E-state index contributed by atoms with van der Waals surface area (Å²) in [4.78, 5) is 14.6. The molecule has 1 atom stereocenters. The molecule has 0 aromatic heterocycles. The molecule has 2 N–H and O–H groups in total. The largest absolute Gasteiger partial charge is 0.465 e. The summed E-state index contributed by atoms with van der Waals surface area (Å²) in [7, 11) is 0. The minimum atomic E-state index is -0.787. The molecule has 1 unspecified atom stereocenters. The molecule has 20 heavy (non-hydrogen) atoms. The Balaban J connectivity index is 1.99. The maximum absolute atomic E-state index is 12.3. The van der Waals surface area contributed by atoms with Gasteiger partial charge in [-0.3, -0.25) is 0 Å². The second-order valence-electron chi connectivity index (χ2n) is 7.33. The molecule has 0 radical (unpaired) electrons. The van der Waals surface area contributed by atoms with Gasteiger partial charge in [-0.15, -0.1) is 0 Å². The van der Waals surface area contributed by atoms with Crippen molar-refractivity contribution in [3.05, 3.63) is 0 Å². The zero-order valence-corrected chi connectivity index (χ0v) is 13.3. The smallest absolute Gasteiger partial charge is 0.327 e. The Hall–Kier alpha value is -0.610. The van der Waals surface area contributed by atoms with Gasteiger partial charge in [0.25, 0.3) is 0 Å². The summed E-state index contributed by atoms with van der Waals surface area (Å²) in [6.07, 6.45) is 5.75. The average Bonchev–Trinajstić information content (AvgIpc) is 3.19. The molecule has 2 aliphatic rings. The first kappa shape index (κ1) is 15.8. The predicted octanol–water partition coefficient (Wildman–Crippen LogP) is 2.17.